The molecule has 0 saturated heterocycles. The van der Waals surface area contributed by atoms with Crippen molar-refractivity contribution in [3.8, 4) is 18.2 Å². The maximum Gasteiger partial charge on any atom is 0.148 e. The van der Waals surface area contributed by atoms with Gasteiger partial charge in [-0.15, -0.1) is 11.3 Å². The fourth-order valence-corrected chi connectivity index (χ4v) is 6.97. The van der Waals surface area contributed by atoms with E-state index < -0.39 is 0 Å². The predicted octanol–water partition coefficient (Wildman–Crippen LogP) is 11.1. The molecular weight excluding hydrogens is 649 g/mol. The lowest BCUT2D eigenvalue weighted by Gasteiger charge is -2.26. The topological polar surface area (TPSA) is 104 Å². The lowest BCUT2D eigenvalue weighted by Crippen LogP contribution is -2.10. The Morgan fingerprint density at radius 1 is 0.686 bits per heavy atom. The lowest BCUT2D eigenvalue weighted by molar-refractivity contribution is 0.118. The van der Waals surface area contributed by atoms with E-state index in [4.69, 9.17) is 9.84 Å². The van der Waals surface area contributed by atoms with Crippen LogP contribution in [-0.2, 0) is 24.0 Å². The first kappa shape index (κ1) is 38.8. The highest BCUT2D eigenvalue weighted by atomic mass is 32.1. The van der Waals surface area contributed by atoms with Gasteiger partial charge in [0.2, 0.25) is 0 Å². The van der Waals surface area contributed by atoms with Crippen molar-refractivity contribution in [2.75, 3.05) is 24.7 Å². The minimum Gasteiger partial charge on any atom is -0.396 e. The summed E-state index contributed by atoms with van der Waals surface area (Å²) in [6, 6.07) is 34.0. The minimum atomic E-state index is -0.140. The summed E-state index contributed by atoms with van der Waals surface area (Å²) < 4.78 is 5.64. The molecule has 0 aliphatic carbocycles. The maximum atomic E-state index is 9.88. The quantitative estimate of drug-likeness (QED) is 0.0728. The molecule has 0 fully saturated rings. The summed E-state index contributed by atoms with van der Waals surface area (Å²) in [5.74, 6) is 0. The van der Waals surface area contributed by atoms with Crippen molar-refractivity contribution in [1.29, 1.82) is 15.8 Å². The average molecular weight is 697 g/mol. The van der Waals surface area contributed by atoms with Gasteiger partial charge in [-0.05, 0) is 109 Å². The van der Waals surface area contributed by atoms with E-state index in [1.165, 1.54) is 35.3 Å². The van der Waals surface area contributed by atoms with Crippen LogP contribution in [0.1, 0.15) is 90.8 Å². The number of ether oxygens (including phenoxy) is 1. The van der Waals surface area contributed by atoms with Gasteiger partial charge in [0.05, 0.1) is 17.1 Å². The molecule has 7 heteroatoms. The third-order valence-electron chi connectivity index (χ3n) is 8.72. The van der Waals surface area contributed by atoms with Gasteiger partial charge < -0.3 is 14.7 Å². The molecule has 262 valence electrons. The van der Waals surface area contributed by atoms with Crippen molar-refractivity contribution in [3.05, 3.63) is 116 Å². The van der Waals surface area contributed by atoms with Gasteiger partial charge in [-0.3, -0.25) is 0 Å². The van der Waals surface area contributed by atoms with Gasteiger partial charge in [0.15, 0.2) is 0 Å². The van der Waals surface area contributed by atoms with Gasteiger partial charge in [-0.2, -0.15) is 15.8 Å². The second-order valence-electron chi connectivity index (χ2n) is 12.5. The van der Waals surface area contributed by atoms with Crippen molar-refractivity contribution in [3.63, 3.8) is 0 Å². The molecule has 0 unspecified atom stereocenters. The van der Waals surface area contributed by atoms with Crippen LogP contribution >= 0.6 is 11.3 Å². The molecule has 0 saturated carbocycles. The molecule has 1 aromatic heterocycles. The molecule has 1 N–H and O–H groups in total. The van der Waals surface area contributed by atoms with Gasteiger partial charge in [0.25, 0.3) is 0 Å². The van der Waals surface area contributed by atoms with Gasteiger partial charge in [-0.1, -0.05) is 82.0 Å². The maximum absolute atomic E-state index is 9.88. The summed E-state index contributed by atoms with van der Waals surface area (Å²) in [5, 5.41) is 37.9. The van der Waals surface area contributed by atoms with E-state index >= 15 is 0 Å². The number of thiophene rings is 1. The van der Waals surface area contributed by atoms with Crippen LogP contribution in [0.4, 0.5) is 17.1 Å². The standard InChI is InChI=1S/C44H48N4O2S/c1-3-5-7-8-11-37-30-42(51-44(37)43(33-47)38(31-45)32-46)25-18-35-14-21-40(22-15-35)48(39-19-12-34(13-20-39)10-6-4-2)41-23-16-36(17-24-41)26-29-50-28-9-27-49/h12-25,30,49H,3-11,26-29H2,1-2H3/b25-18+. The molecule has 0 atom stereocenters. The van der Waals surface area contributed by atoms with Gasteiger partial charge in [0, 0.05) is 35.2 Å². The fraction of sp³-hybridized carbons (Fsp3) is 0.341. The predicted molar refractivity (Wildman–Crippen MR) is 211 cm³/mol. The first-order valence-electron chi connectivity index (χ1n) is 18.1. The highest BCUT2D eigenvalue weighted by Crippen LogP contribution is 2.36. The summed E-state index contributed by atoms with van der Waals surface area (Å²) in [4.78, 5) is 3.97. The van der Waals surface area contributed by atoms with Crippen LogP contribution < -0.4 is 4.90 Å². The third-order valence-corrected chi connectivity index (χ3v) is 9.88. The van der Waals surface area contributed by atoms with E-state index in [9.17, 15) is 15.8 Å². The molecule has 1 heterocycles. The smallest absolute Gasteiger partial charge is 0.148 e. The number of hydrogen-bond donors (Lipinski definition) is 1. The number of nitriles is 3. The van der Waals surface area contributed by atoms with E-state index in [1.54, 1.807) is 0 Å². The summed E-state index contributed by atoms with van der Waals surface area (Å²) >= 11 is 1.46. The van der Waals surface area contributed by atoms with E-state index in [0.717, 1.165) is 82.9 Å². The van der Waals surface area contributed by atoms with E-state index in [1.807, 2.05) is 18.2 Å². The van der Waals surface area contributed by atoms with Gasteiger partial charge in [-0.25, -0.2) is 0 Å². The van der Waals surface area contributed by atoms with Crippen molar-refractivity contribution in [2.45, 2.75) is 78.1 Å². The number of unbranched alkanes of at least 4 members (excludes halogenated alkanes) is 4. The first-order valence-corrected chi connectivity index (χ1v) is 18.9. The summed E-state index contributed by atoms with van der Waals surface area (Å²) in [7, 11) is 0. The summed E-state index contributed by atoms with van der Waals surface area (Å²) in [5.41, 5.74) is 7.82. The Morgan fingerprint density at radius 2 is 1.29 bits per heavy atom. The molecule has 4 rings (SSSR count). The van der Waals surface area contributed by atoms with Crippen molar-refractivity contribution < 1.29 is 9.84 Å². The Hall–Kier alpha value is -4.97. The number of nitrogens with zero attached hydrogens (tertiary/aromatic N) is 4. The Labute approximate surface area is 308 Å². The number of hydrogen-bond acceptors (Lipinski definition) is 7. The Kier molecular flexibility index (Phi) is 16.2. The number of allylic oxidation sites excluding steroid dienone is 2. The van der Waals surface area contributed by atoms with Crippen LogP contribution in [0.5, 0.6) is 0 Å². The summed E-state index contributed by atoms with van der Waals surface area (Å²) in [6.07, 6.45) is 14.2. The molecule has 3 aromatic carbocycles. The Balaban J connectivity index is 1.59. The zero-order valence-electron chi connectivity index (χ0n) is 29.9. The molecule has 0 aliphatic heterocycles. The Bertz CT molecular complexity index is 1840. The molecule has 0 radical (unpaired) electrons. The van der Waals surface area contributed by atoms with Crippen LogP contribution in [0.15, 0.2) is 84.4 Å². The SMILES string of the molecule is CCCCCCc1cc(/C=C/c2ccc(N(c3ccc(CCCC)cc3)c3ccc(CCOCCCO)cc3)cc2)sc1C(C#N)=C(C#N)C#N. The molecule has 0 amide bonds. The van der Waals surface area contributed by atoms with Gasteiger partial charge >= 0.3 is 0 Å². The number of rotatable bonds is 20. The van der Waals surface area contributed by atoms with Gasteiger partial charge in [0.1, 0.15) is 23.8 Å². The molecule has 4 aromatic rings. The normalized spacial score (nSPS) is 10.8. The highest BCUT2D eigenvalue weighted by molar-refractivity contribution is 7.14. The van der Waals surface area contributed by atoms with Crippen molar-refractivity contribution in [2.24, 2.45) is 0 Å². The Morgan fingerprint density at radius 3 is 1.86 bits per heavy atom. The van der Waals surface area contributed by atoms with Crippen molar-refractivity contribution in [1.82, 2.24) is 0 Å². The molecule has 51 heavy (non-hydrogen) atoms. The molecule has 0 spiro atoms. The van der Waals surface area contributed by atoms with Crippen LogP contribution in [0, 0.1) is 34.0 Å². The zero-order chi connectivity index (χ0) is 36.3. The van der Waals surface area contributed by atoms with E-state index in [2.05, 4.69) is 110 Å². The number of aryl methyl sites for hydroxylation is 2. The van der Waals surface area contributed by atoms with E-state index in [-0.39, 0.29) is 17.8 Å². The number of aliphatic hydroxyl groups is 1. The van der Waals surface area contributed by atoms with Crippen molar-refractivity contribution >= 4 is 46.1 Å². The number of anilines is 3. The van der Waals surface area contributed by atoms with E-state index in [0.29, 0.717) is 19.6 Å². The van der Waals surface area contributed by atoms with Crippen LogP contribution in [0.25, 0.3) is 17.7 Å². The van der Waals surface area contributed by atoms with Crippen LogP contribution in [0.3, 0.4) is 0 Å². The molecular formula is C44H48N4O2S. The first-order chi connectivity index (χ1) is 25.0. The minimum absolute atomic E-state index is 0.140. The van der Waals surface area contributed by atoms with Crippen LogP contribution in [0.2, 0.25) is 0 Å². The number of aliphatic hydroxyl groups excluding tert-OH is 1. The monoisotopic (exact) mass is 696 g/mol. The second kappa shape index (κ2) is 21.3. The largest absolute Gasteiger partial charge is 0.396 e. The lowest BCUT2D eigenvalue weighted by atomic mass is 10.0. The molecule has 0 bridgehead atoms. The molecule has 0 aliphatic rings. The zero-order valence-corrected chi connectivity index (χ0v) is 30.7. The summed E-state index contributed by atoms with van der Waals surface area (Å²) in [6.45, 7) is 5.74. The van der Waals surface area contributed by atoms with Crippen LogP contribution in [-0.4, -0.2) is 24.9 Å². The fourth-order valence-electron chi connectivity index (χ4n) is 5.85. The third kappa shape index (κ3) is 11.5. The second-order valence-corrected chi connectivity index (χ2v) is 13.6. The highest BCUT2D eigenvalue weighted by Gasteiger charge is 2.17. The average Bonchev–Trinajstić information content (AvgIpc) is 3.57. The number of benzene rings is 3. The molecule has 6 nitrogen and oxygen atoms in total.